The molecule has 0 N–H and O–H groups in total. The molecule has 1 unspecified atom stereocenters. The van der Waals surface area contributed by atoms with E-state index in [0.29, 0.717) is 35.4 Å². The second kappa shape index (κ2) is 26.7. The minimum absolute atomic E-state index is 0.00938. The lowest BCUT2D eigenvalue weighted by molar-refractivity contribution is 0.491. The molecule has 8 aromatic carbocycles. The number of hydrogen-bond donors (Lipinski definition) is 0. The molecule has 5 heteroatoms. The largest absolute Gasteiger partial charge is 0.237 e. The minimum Gasteiger partial charge on any atom is -0.237 e. The summed E-state index contributed by atoms with van der Waals surface area (Å²) in [4.78, 5) is 25.9. The van der Waals surface area contributed by atoms with Gasteiger partial charge in [0.15, 0.2) is 17.5 Å². The van der Waals surface area contributed by atoms with E-state index in [9.17, 15) is 0 Å². The summed E-state index contributed by atoms with van der Waals surface area (Å²) >= 11 is 0. The number of hydrogen-bond acceptors (Lipinski definition) is 4. The van der Waals surface area contributed by atoms with E-state index < -0.39 is 0 Å². The van der Waals surface area contributed by atoms with Crippen molar-refractivity contribution in [3.63, 3.8) is 0 Å². The Labute approximate surface area is 558 Å². The van der Waals surface area contributed by atoms with E-state index in [0.717, 1.165) is 106 Å². The topological polar surface area (TPSA) is 63.4 Å². The van der Waals surface area contributed by atoms with Crippen LogP contribution in [0.1, 0.15) is 138 Å². The smallest absolute Gasteiger partial charge is 0.164 e. The summed E-state index contributed by atoms with van der Waals surface area (Å²) in [6.07, 6.45) is 22.0. The third-order valence-electron chi connectivity index (χ3n) is 17.9. The quantitative estimate of drug-likeness (QED) is 0.0272. The van der Waals surface area contributed by atoms with E-state index >= 15 is 0 Å². The highest BCUT2D eigenvalue weighted by Crippen LogP contribution is 2.48. The number of benzene rings is 8. The summed E-state index contributed by atoms with van der Waals surface area (Å²) < 4.78 is 0. The number of terminal acetylenes is 1. The van der Waals surface area contributed by atoms with E-state index in [2.05, 4.69) is 320 Å². The lowest BCUT2D eigenvalue weighted by Gasteiger charge is -2.22. The molecule has 1 heterocycles. The SMILES string of the molecule is C#CC/C(=C\CC(C)C(N=C(C)C1=C=C=C(c2ccccc2-c2c3ccccc3c(-c3ccccc3-c3ccc(-c4nc(C5=CC=C=C(C(C)(C)C)C=C5)nc(-c5ccc(C(C)(C)C)cc5)n4)cc3)c3ccccc23)C=C1)=NC(=C)c1ccc(C(C)(C)C)cc1)C(C)(C)C. The molecule has 9 aromatic rings. The van der Waals surface area contributed by atoms with Gasteiger partial charge in [-0.05, 0) is 142 Å². The first-order valence-corrected chi connectivity index (χ1v) is 32.8. The van der Waals surface area contributed by atoms with Crippen LogP contribution in [-0.2, 0) is 10.8 Å². The van der Waals surface area contributed by atoms with Crippen LogP contribution in [0.5, 0.6) is 0 Å². The summed E-state index contributed by atoms with van der Waals surface area (Å²) in [5, 5.41) is 4.63. The standard InChI is InChI=1S/C89H85N5/c1-17-27-68(86(5,6)7)52-38-58(2)82(91-60(4)62-47-53-70(54-48-62)88(11,12)13)90-59(3)61-39-41-63(42-40-61)72-30-18-20-32-74(72)80-76-34-22-24-36-78(76)81(79-37-25-23-35-77(79)80)75-33-21-19-31-73(75)64-43-45-66(46-44-64)84-92-83(65-28-26-29-69(55-49-65)87(8,9)10)93-85(94-84)67-50-56-71(57-51-67)89(14,15)16/h1,18-26,28,30-37,39,41,43-58H,4,27,38H2,2-3,5-16H3/b68-52+,90-59?,91-82?. The summed E-state index contributed by atoms with van der Waals surface area (Å²) in [5.74, 6) is 5.37. The Hall–Kier alpha value is -10.3. The fraction of sp³-hybridized carbons (Fsp3) is 0.236. The van der Waals surface area contributed by atoms with Crippen LogP contribution >= 0.6 is 0 Å². The summed E-state index contributed by atoms with van der Waals surface area (Å²) in [6, 6.07) is 61.0. The lowest BCUT2D eigenvalue weighted by atomic mass is 9.82. The monoisotopic (exact) mass is 1220 g/mol. The Morgan fingerprint density at radius 1 is 0.532 bits per heavy atom. The summed E-state index contributed by atoms with van der Waals surface area (Å²) in [5.41, 5.74) is 30.1. The van der Waals surface area contributed by atoms with Crippen molar-refractivity contribution in [2.75, 3.05) is 0 Å². The zero-order valence-electron chi connectivity index (χ0n) is 57.2. The predicted molar refractivity (Wildman–Crippen MR) is 401 cm³/mol. The first-order chi connectivity index (χ1) is 44.8. The second-order valence-electron chi connectivity index (χ2n) is 28.9. The van der Waals surface area contributed by atoms with Crippen molar-refractivity contribution in [1.29, 1.82) is 0 Å². The third kappa shape index (κ3) is 14.3. The van der Waals surface area contributed by atoms with Crippen LogP contribution in [0.4, 0.5) is 0 Å². The molecule has 0 spiro atoms. The van der Waals surface area contributed by atoms with Gasteiger partial charge in [-0.3, -0.25) is 0 Å². The molecule has 0 radical (unpaired) electrons. The van der Waals surface area contributed by atoms with E-state index in [1.807, 2.05) is 19.1 Å². The number of nitrogens with zero attached hydrogens (tertiary/aromatic N) is 5. The average molecular weight is 1220 g/mol. The van der Waals surface area contributed by atoms with Gasteiger partial charge in [-0.2, -0.15) is 0 Å². The molecule has 1 aromatic heterocycles. The van der Waals surface area contributed by atoms with E-state index in [1.54, 1.807) is 0 Å². The molecular formula is C89H85N5. The Balaban J connectivity index is 0.964. The molecule has 5 nitrogen and oxygen atoms in total. The van der Waals surface area contributed by atoms with Crippen LogP contribution < -0.4 is 0 Å². The number of fused-ring (bicyclic) bond motifs is 2. The van der Waals surface area contributed by atoms with Crippen LogP contribution in [0.25, 0.3) is 94.5 Å². The van der Waals surface area contributed by atoms with E-state index in [1.165, 1.54) is 22.3 Å². The first kappa shape index (κ1) is 65.2. The van der Waals surface area contributed by atoms with Gasteiger partial charge in [0.25, 0.3) is 0 Å². The Morgan fingerprint density at radius 3 is 1.51 bits per heavy atom. The van der Waals surface area contributed by atoms with Gasteiger partial charge in [0, 0.05) is 40.2 Å². The van der Waals surface area contributed by atoms with Gasteiger partial charge < -0.3 is 0 Å². The van der Waals surface area contributed by atoms with Gasteiger partial charge in [0.05, 0.1) is 11.4 Å². The summed E-state index contributed by atoms with van der Waals surface area (Å²) in [6.45, 7) is 35.3. The molecule has 0 saturated heterocycles. The van der Waals surface area contributed by atoms with Gasteiger partial charge in [0.1, 0.15) is 5.84 Å². The highest BCUT2D eigenvalue weighted by atomic mass is 15.0. The number of rotatable bonds is 14. The molecule has 466 valence electrons. The number of amidine groups is 1. The van der Waals surface area contributed by atoms with Crippen molar-refractivity contribution in [3.8, 4) is 68.5 Å². The lowest BCUT2D eigenvalue weighted by Crippen LogP contribution is -2.14. The van der Waals surface area contributed by atoms with Crippen LogP contribution in [0, 0.1) is 29.1 Å². The van der Waals surface area contributed by atoms with E-state index in [-0.39, 0.29) is 27.6 Å². The van der Waals surface area contributed by atoms with Crippen molar-refractivity contribution < 1.29 is 0 Å². The van der Waals surface area contributed by atoms with Gasteiger partial charge in [-0.1, -0.05) is 302 Å². The maximum Gasteiger partial charge on any atom is 0.164 e. The molecule has 0 aliphatic heterocycles. The van der Waals surface area contributed by atoms with Crippen molar-refractivity contribution in [2.24, 2.45) is 26.7 Å². The average Bonchev–Trinajstić information content (AvgIpc) is 0.753. The zero-order chi connectivity index (χ0) is 66.7. The molecule has 0 fully saturated rings. The molecule has 1 atom stereocenters. The fourth-order valence-electron chi connectivity index (χ4n) is 12.2. The molecule has 0 amide bonds. The normalized spacial score (nSPS) is 14.3. The molecule has 2 aliphatic rings. The van der Waals surface area contributed by atoms with Crippen LogP contribution in [-0.4, -0.2) is 26.5 Å². The van der Waals surface area contributed by atoms with E-state index in [4.69, 9.17) is 31.4 Å². The Bertz CT molecular complexity index is 4820. The first-order valence-electron chi connectivity index (χ1n) is 32.8. The maximum absolute atomic E-state index is 5.87. The highest BCUT2D eigenvalue weighted by molar-refractivity contribution is 6.23. The highest BCUT2D eigenvalue weighted by Gasteiger charge is 2.25. The van der Waals surface area contributed by atoms with Crippen molar-refractivity contribution in [1.82, 2.24) is 15.0 Å². The molecule has 0 saturated carbocycles. The van der Waals surface area contributed by atoms with Gasteiger partial charge in [-0.15, -0.1) is 18.1 Å². The zero-order valence-corrected chi connectivity index (χ0v) is 57.2. The van der Waals surface area contributed by atoms with Gasteiger partial charge in [0.2, 0.25) is 0 Å². The van der Waals surface area contributed by atoms with Gasteiger partial charge >= 0.3 is 0 Å². The van der Waals surface area contributed by atoms with Crippen LogP contribution in [0.15, 0.2) is 263 Å². The Morgan fingerprint density at radius 2 is 1.01 bits per heavy atom. The van der Waals surface area contributed by atoms with Crippen molar-refractivity contribution in [3.05, 3.63) is 281 Å². The Kier molecular flexibility index (Phi) is 18.5. The minimum atomic E-state index is -0.0675. The summed E-state index contributed by atoms with van der Waals surface area (Å²) in [7, 11) is 0. The molecule has 2 aliphatic carbocycles. The molecule has 11 rings (SSSR count). The number of allylic oxidation sites excluding steroid dienone is 11. The maximum atomic E-state index is 5.87. The second-order valence-corrected chi connectivity index (χ2v) is 28.9. The predicted octanol–water partition coefficient (Wildman–Crippen LogP) is 23.4. The van der Waals surface area contributed by atoms with Crippen LogP contribution in [0.3, 0.4) is 0 Å². The van der Waals surface area contributed by atoms with Crippen molar-refractivity contribution in [2.45, 2.75) is 121 Å². The third-order valence-corrected chi connectivity index (χ3v) is 17.9. The molecule has 0 bridgehead atoms. The van der Waals surface area contributed by atoms with Gasteiger partial charge in [-0.25, -0.2) is 24.9 Å². The van der Waals surface area contributed by atoms with Crippen LogP contribution in [0.2, 0.25) is 0 Å². The molecular weight excluding hydrogens is 1140 g/mol. The fourth-order valence-corrected chi connectivity index (χ4v) is 12.2. The van der Waals surface area contributed by atoms with Crippen molar-refractivity contribution >= 4 is 49.9 Å². The molecule has 94 heavy (non-hydrogen) atoms. The number of aromatic nitrogens is 3. The number of aliphatic imine (C=N–C) groups is 2.